The van der Waals surface area contributed by atoms with E-state index in [1.165, 1.54) is 9.56 Å². The van der Waals surface area contributed by atoms with E-state index in [4.69, 9.17) is 11.6 Å². The van der Waals surface area contributed by atoms with Crippen LogP contribution >= 0.6 is 22.9 Å². The molecule has 1 amide bonds. The van der Waals surface area contributed by atoms with Crippen molar-refractivity contribution in [3.8, 4) is 16.9 Å². The lowest BCUT2D eigenvalue weighted by Crippen LogP contribution is -2.25. The Hall–Kier alpha value is -3.10. The summed E-state index contributed by atoms with van der Waals surface area (Å²) in [5.74, 6) is -0.247. The Labute approximate surface area is 191 Å². The molecule has 0 aliphatic rings. The lowest BCUT2D eigenvalue weighted by atomic mass is 10.1. The molecule has 0 aliphatic heterocycles. The highest BCUT2D eigenvalue weighted by molar-refractivity contribution is 7.09. The van der Waals surface area contributed by atoms with E-state index in [0.717, 1.165) is 12.5 Å². The third kappa shape index (κ3) is 4.87. The molecule has 4 nitrogen and oxygen atoms in total. The van der Waals surface area contributed by atoms with Gasteiger partial charge in [0.25, 0.3) is 5.91 Å². The molecule has 2 heterocycles. The lowest BCUT2D eigenvalue weighted by molar-refractivity contribution is -0.141. The van der Waals surface area contributed by atoms with Crippen molar-refractivity contribution in [1.82, 2.24) is 15.1 Å². The van der Waals surface area contributed by atoms with Crippen LogP contribution in [0.4, 0.5) is 13.2 Å². The van der Waals surface area contributed by atoms with E-state index in [-0.39, 0.29) is 16.6 Å². The number of carbonyl (C=O) groups is 1. The molecule has 9 heteroatoms. The summed E-state index contributed by atoms with van der Waals surface area (Å²) in [5.41, 5.74) is 0.413. The summed E-state index contributed by atoms with van der Waals surface area (Å²) >= 11 is 7.82. The minimum absolute atomic E-state index is 0.218. The maximum absolute atomic E-state index is 13.3. The normalized spacial score (nSPS) is 11.5. The number of thiophene rings is 1. The van der Waals surface area contributed by atoms with Crippen molar-refractivity contribution in [2.75, 3.05) is 6.54 Å². The number of benzene rings is 2. The molecule has 4 rings (SSSR count). The van der Waals surface area contributed by atoms with Crippen LogP contribution in [0, 0.1) is 0 Å². The van der Waals surface area contributed by atoms with Crippen LogP contribution in [-0.4, -0.2) is 22.2 Å². The Balaban J connectivity index is 1.58. The van der Waals surface area contributed by atoms with Gasteiger partial charge in [0, 0.05) is 22.5 Å². The van der Waals surface area contributed by atoms with Crippen LogP contribution in [0.15, 0.2) is 72.1 Å². The molecule has 0 spiro atoms. The zero-order valence-corrected chi connectivity index (χ0v) is 18.1. The molecule has 0 saturated carbocycles. The van der Waals surface area contributed by atoms with E-state index in [1.807, 2.05) is 17.5 Å². The first-order valence-electron chi connectivity index (χ1n) is 9.66. The first kappa shape index (κ1) is 22.1. The number of nitrogens with one attached hydrogen (secondary N) is 1. The fraction of sp³-hybridized carbons (Fsp3) is 0.130. The molecule has 0 fully saturated rings. The summed E-state index contributed by atoms with van der Waals surface area (Å²) in [7, 11) is 0. The van der Waals surface area contributed by atoms with Crippen molar-refractivity contribution in [3.63, 3.8) is 0 Å². The van der Waals surface area contributed by atoms with Crippen molar-refractivity contribution in [2.45, 2.75) is 12.6 Å². The molecule has 0 aliphatic carbocycles. The summed E-state index contributed by atoms with van der Waals surface area (Å²) in [6.45, 7) is 0.495. The van der Waals surface area contributed by atoms with Gasteiger partial charge in [0.05, 0.1) is 16.4 Å². The van der Waals surface area contributed by atoms with Crippen LogP contribution < -0.4 is 5.32 Å². The molecule has 4 aromatic rings. The van der Waals surface area contributed by atoms with E-state index in [1.54, 1.807) is 59.9 Å². The van der Waals surface area contributed by atoms with Gasteiger partial charge in [-0.15, -0.1) is 11.3 Å². The Bertz CT molecular complexity index is 1220. The Kier molecular flexibility index (Phi) is 6.34. The first-order valence-corrected chi connectivity index (χ1v) is 10.9. The van der Waals surface area contributed by atoms with Crippen molar-refractivity contribution < 1.29 is 18.0 Å². The highest BCUT2D eigenvalue weighted by atomic mass is 35.5. The van der Waals surface area contributed by atoms with E-state index in [2.05, 4.69) is 10.4 Å². The van der Waals surface area contributed by atoms with Crippen LogP contribution in [0.3, 0.4) is 0 Å². The topological polar surface area (TPSA) is 46.9 Å². The summed E-state index contributed by atoms with van der Waals surface area (Å²) in [5, 5.41) is 8.84. The van der Waals surface area contributed by atoms with Crippen molar-refractivity contribution in [3.05, 3.63) is 93.3 Å². The van der Waals surface area contributed by atoms with Crippen LogP contribution in [0.2, 0.25) is 5.02 Å². The van der Waals surface area contributed by atoms with Gasteiger partial charge >= 0.3 is 6.18 Å². The molecule has 0 atom stereocenters. The highest BCUT2D eigenvalue weighted by Gasteiger charge is 2.35. The number of hydrogen-bond acceptors (Lipinski definition) is 3. The maximum atomic E-state index is 13.3. The number of nitrogens with zero attached hydrogens (tertiary/aromatic N) is 2. The SMILES string of the molecule is O=C(NCCc1cccs1)c1ccc(-c2cc(C(F)(F)F)nn2-c2ccccc2Cl)cc1. The quantitative estimate of drug-likeness (QED) is 0.358. The molecule has 32 heavy (non-hydrogen) atoms. The number of alkyl halides is 3. The molecule has 1 N–H and O–H groups in total. The molecule has 164 valence electrons. The van der Waals surface area contributed by atoms with Gasteiger partial charge in [0.2, 0.25) is 0 Å². The monoisotopic (exact) mass is 475 g/mol. The van der Waals surface area contributed by atoms with Gasteiger partial charge in [0.1, 0.15) is 0 Å². The Morgan fingerprint density at radius 1 is 1.06 bits per heavy atom. The number of rotatable bonds is 6. The number of hydrogen-bond donors (Lipinski definition) is 1. The molecule has 0 radical (unpaired) electrons. The Morgan fingerprint density at radius 2 is 1.81 bits per heavy atom. The minimum atomic E-state index is -4.61. The van der Waals surface area contributed by atoms with Crippen molar-refractivity contribution >= 4 is 28.8 Å². The molecule has 0 saturated heterocycles. The zero-order chi connectivity index (χ0) is 22.7. The number of amides is 1. The van der Waals surface area contributed by atoms with Crippen molar-refractivity contribution in [1.29, 1.82) is 0 Å². The molecular formula is C23H17ClF3N3OS. The van der Waals surface area contributed by atoms with Crippen LogP contribution in [-0.2, 0) is 12.6 Å². The molecule has 2 aromatic heterocycles. The predicted octanol–water partition coefficient (Wildman–Crippen LogP) is 6.25. The fourth-order valence-corrected chi connectivity index (χ4v) is 4.11. The number of aromatic nitrogens is 2. The van der Waals surface area contributed by atoms with Gasteiger partial charge in [-0.2, -0.15) is 18.3 Å². The first-order chi connectivity index (χ1) is 15.3. The summed E-state index contributed by atoms with van der Waals surface area (Å²) in [4.78, 5) is 13.6. The molecule has 0 unspecified atom stereocenters. The second-order valence-corrected chi connectivity index (χ2v) is 8.38. The number of carbonyl (C=O) groups excluding carboxylic acids is 1. The van der Waals surface area contributed by atoms with Gasteiger partial charge in [-0.05, 0) is 48.2 Å². The largest absolute Gasteiger partial charge is 0.435 e. The van der Waals surface area contributed by atoms with Crippen LogP contribution in [0.5, 0.6) is 0 Å². The smallest absolute Gasteiger partial charge is 0.352 e. The third-order valence-electron chi connectivity index (χ3n) is 4.76. The zero-order valence-electron chi connectivity index (χ0n) is 16.6. The van der Waals surface area contributed by atoms with Gasteiger partial charge in [-0.1, -0.05) is 41.9 Å². The summed E-state index contributed by atoms with van der Waals surface area (Å²) < 4.78 is 41.2. The van der Waals surface area contributed by atoms with Crippen LogP contribution in [0.25, 0.3) is 16.9 Å². The lowest BCUT2D eigenvalue weighted by Gasteiger charge is -2.10. The highest BCUT2D eigenvalue weighted by Crippen LogP contribution is 2.34. The van der Waals surface area contributed by atoms with Crippen molar-refractivity contribution in [2.24, 2.45) is 0 Å². The predicted molar refractivity (Wildman–Crippen MR) is 119 cm³/mol. The standard InChI is InChI=1S/C23H17ClF3N3OS/c24-18-5-1-2-6-19(18)30-20(14-21(29-30)23(25,26)27)15-7-9-16(10-8-15)22(31)28-12-11-17-4-3-13-32-17/h1-10,13-14H,11-12H2,(H,28,31). The van der Waals surface area contributed by atoms with E-state index in [9.17, 15) is 18.0 Å². The van der Waals surface area contributed by atoms with E-state index in [0.29, 0.717) is 23.4 Å². The summed E-state index contributed by atoms with van der Waals surface area (Å²) in [6, 6.07) is 17.8. The molecule has 0 bridgehead atoms. The molecular weight excluding hydrogens is 459 g/mol. The van der Waals surface area contributed by atoms with E-state index < -0.39 is 11.9 Å². The third-order valence-corrected chi connectivity index (χ3v) is 6.02. The van der Waals surface area contributed by atoms with E-state index >= 15 is 0 Å². The van der Waals surface area contributed by atoms with Gasteiger partial charge in [0.15, 0.2) is 5.69 Å². The maximum Gasteiger partial charge on any atom is 0.435 e. The van der Waals surface area contributed by atoms with Crippen LogP contribution in [0.1, 0.15) is 20.9 Å². The average Bonchev–Trinajstić information content (AvgIpc) is 3.44. The van der Waals surface area contributed by atoms with Gasteiger partial charge in [-0.3, -0.25) is 4.79 Å². The number of para-hydroxylation sites is 1. The molecule has 2 aromatic carbocycles. The minimum Gasteiger partial charge on any atom is -0.352 e. The fourth-order valence-electron chi connectivity index (χ4n) is 3.18. The summed E-state index contributed by atoms with van der Waals surface area (Å²) in [6.07, 6.45) is -3.87. The number of halogens is 4. The Morgan fingerprint density at radius 3 is 2.47 bits per heavy atom. The van der Waals surface area contributed by atoms with Gasteiger partial charge < -0.3 is 5.32 Å². The second-order valence-electron chi connectivity index (χ2n) is 6.94. The second kappa shape index (κ2) is 9.18. The van der Waals surface area contributed by atoms with Gasteiger partial charge in [-0.25, -0.2) is 4.68 Å². The average molecular weight is 476 g/mol.